The number of rotatable bonds is 6. The van der Waals surface area contributed by atoms with Gasteiger partial charge in [0.15, 0.2) is 0 Å². The fourth-order valence-corrected chi connectivity index (χ4v) is 1.88. The Balaban J connectivity index is 2.68. The number of carbonyl (C=O) groups is 1. The highest BCUT2D eigenvalue weighted by Gasteiger charge is 2.06. The van der Waals surface area contributed by atoms with Gasteiger partial charge >= 0.3 is 5.97 Å². The zero-order valence-electron chi connectivity index (χ0n) is 11.1. The minimum atomic E-state index is -0.168. The van der Waals surface area contributed by atoms with Crippen LogP contribution in [0.25, 0.3) is 0 Å². The minimum absolute atomic E-state index is 0.168. The average Bonchev–Trinajstić information content (AvgIpc) is 2.33. The second-order valence-electron chi connectivity index (χ2n) is 4.47. The molecule has 0 aliphatic heterocycles. The van der Waals surface area contributed by atoms with E-state index < -0.39 is 0 Å². The minimum Gasteiger partial charge on any atom is -0.469 e. The molecule has 0 saturated heterocycles. The quantitative estimate of drug-likeness (QED) is 0.556. The Morgan fingerprint density at radius 3 is 2.71 bits per heavy atom. The summed E-state index contributed by atoms with van der Waals surface area (Å²) in [5.74, 6) is -0.168. The van der Waals surface area contributed by atoms with Crippen molar-refractivity contribution in [2.75, 3.05) is 7.11 Å². The van der Waals surface area contributed by atoms with Crippen molar-refractivity contribution >= 4 is 5.97 Å². The Hall–Kier alpha value is -1.31. The van der Waals surface area contributed by atoms with Crippen LogP contribution >= 0.6 is 0 Å². The standard InChI is InChI=1S/C15H22O2/c1-4-5-6-7-13-9-8-12(2)14(10-13)11-15(16)17-3/h8-10H,4-7,11H2,1-3H3. The number of hydrogen-bond donors (Lipinski definition) is 0. The summed E-state index contributed by atoms with van der Waals surface area (Å²) in [6, 6.07) is 6.40. The molecule has 0 atom stereocenters. The summed E-state index contributed by atoms with van der Waals surface area (Å²) in [6.45, 7) is 4.24. The number of carbonyl (C=O) groups excluding carboxylic acids is 1. The van der Waals surface area contributed by atoms with Gasteiger partial charge in [-0.15, -0.1) is 0 Å². The highest BCUT2D eigenvalue weighted by atomic mass is 16.5. The monoisotopic (exact) mass is 234 g/mol. The van der Waals surface area contributed by atoms with Crippen LogP contribution in [0.1, 0.15) is 42.9 Å². The number of aryl methyl sites for hydroxylation is 2. The molecule has 2 nitrogen and oxygen atoms in total. The van der Waals surface area contributed by atoms with Crippen LogP contribution in [-0.2, 0) is 22.4 Å². The van der Waals surface area contributed by atoms with Gasteiger partial charge in [0.05, 0.1) is 13.5 Å². The lowest BCUT2D eigenvalue weighted by Gasteiger charge is -2.08. The molecule has 0 saturated carbocycles. The molecule has 17 heavy (non-hydrogen) atoms. The molecule has 0 aliphatic carbocycles. The summed E-state index contributed by atoms with van der Waals surface area (Å²) in [5, 5.41) is 0. The van der Waals surface area contributed by atoms with Crippen molar-refractivity contribution in [1.29, 1.82) is 0 Å². The van der Waals surface area contributed by atoms with E-state index in [1.165, 1.54) is 31.9 Å². The second-order valence-corrected chi connectivity index (χ2v) is 4.47. The van der Waals surface area contributed by atoms with Crippen molar-refractivity contribution in [1.82, 2.24) is 0 Å². The second kappa shape index (κ2) is 7.10. The summed E-state index contributed by atoms with van der Waals surface area (Å²) in [6.07, 6.45) is 5.20. The molecule has 1 aromatic carbocycles. The van der Waals surface area contributed by atoms with Crippen LogP contribution in [0, 0.1) is 6.92 Å². The highest BCUT2D eigenvalue weighted by Crippen LogP contribution is 2.15. The predicted octanol–water partition coefficient (Wildman–Crippen LogP) is 3.44. The van der Waals surface area contributed by atoms with E-state index in [9.17, 15) is 4.79 Å². The van der Waals surface area contributed by atoms with E-state index in [2.05, 4.69) is 25.1 Å². The first-order valence-corrected chi connectivity index (χ1v) is 6.32. The highest BCUT2D eigenvalue weighted by molar-refractivity contribution is 5.72. The van der Waals surface area contributed by atoms with E-state index in [-0.39, 0.29) is 5.97 Å². The molecule has 0 radical (unpaired) electrons. The third kappa shape index (κ3) is 4.59. The van der Waals surface area contributed by atoms with E-state index >= 15 is 0 Å². The van der Waals surface area contributed by atoms with Crippen LogP contribution in [0.5, 0.6) is 0 Å². The molecule has 0 aliphatic rings. The third-order valence-corrected chi connectivity index (χ3v) is 3.05. The molecule has 0 bridgehead atoms. The van der Waals surface area contributed by atoms with Crippen molar-refractivity contribution in [2.45, 2.75) is 46.0 Å². The fourth-order valence-electron chi connectivity index (χ4n) is 1.88. The van der Waals surface area contributed by atoms with E-state index in [0.717, 1.165) is 17.5 Å². The summed E-state index contributed by atoms with van der Waals surface area (Å²) in [4.78, 5) is 11.3. The lowest BCUT2D eigenvalue weighted by Crippen LogP contribution is -2.06. The van der Waals surface area contributed by atoms with Crippen molar-refractivity contribution in [2.24, 2.45) is 0 Å². The molecule has 0 unspecified atom stereocenters. The first-order chi connectivity index (χ1) is 8.17. The van der Waals surface area contributed by atoms with Gasteiger partial charge in [0.25, 0.3) is 0 Å². The molecule has 0 amide bonds. The molecular formula is C15H22O2. The van der Waals surface area contributed by atoms with Crippen LogP contribution in [0.15, 0.2) is 18.2 Å². The molecule has 0 heterocycles. The van der Waals surface area contributed by atoms with Crippen LogP contribution in [-0.4, -0.2) is 13.1 Å². The summed E-state index contributed by atoms with van der Waals surface area (Å²) >= 11 is 0. The Morgan fingerprint density at radius 1 is 1.29 bits per heavy atom. The number of unbranched alkanes of at least 4 members (excludes halogenated alkanes) is 2. The average molecular weight is 234 g/mol. The maximum absolute atomic E-state index is 11.3. The maximum Gasteiger partial charge on any atom is 0.309 e. The molecule has 0 aromatic heterocycles. The number of benzene rings is 1. The van der Waals surface area contributed by atoms with Crippen LogP contribution < -0.4 is 0 Å². The molecule has 1 aromatic rings. The first-order valence-electron chi connectivity index (χ1n) is 6.32. The third-order valence-electron chi connectivity index (χ3n) is 3.05. The molecule has 0 N–H and O–H groups in total. The SMILES string of the molecule is CCCCCc1ccc(C)c(CC(=O)OC)c1. The Kier molecular flexibility index (Phi) is 5.75. The van der Waals surface area contributed by atoms with Gasteiger partial charge in [-0.25, -0.2) is 0 Å². The number of methoxy groups -OCH3 is 1. The van der Waals surface area contributed by atoms with E-state index in [1.807, 2.05) is 6.92 Å². The van der Waals surface area contributed by atoms with E-state index in [4.69, 9.17) is 4.74 Å². The predicted molar refractivity (Wildman–Crippen MR) is 70.1 cm³/mol. The number of esters is 1. The molecule has 2 heteroatoms. The van der Waals surface area contributed by atoms with Gasteiger partial charge in [0.1, 0.15) is 0 Å². The Bertz CT molecular complexity index is 369. The van der Waals surface area contributed by atoms with Gasteiger partial charge in [0.2, 0.25) is 0 Å². The van der Waals surface area contributed by atoms with Crippen molar-refractivity contribution in [3.63, 3.8) is 0 Å². The van der Waals surface area contributed by atoms with Crippen LogP contribution in [0.2, 0.25) is 0 Å². The van der Waals surface area contributed by atoms with E-state index in [1.54, 1.807) is 0 Å². The van der Waals surface area contributed by atoms with Gasteiger partial charge in [-0.05, 0) is 36.5 Å². The van der Waals surface area contributed by atoms with Gasteiger partial charge < -0.3 is 4.74 Å². The topological polar surface area (TPSA) is 26.3 Å². The van der Waals surface area contributed by atoms with Crippen molar-refractivity contribution in [3.05, 3.63) is 34.9 Å². The molecule has 0 fully saturated rings. The van der Waals surface area contributed by atoms with Crippen LogP contribution in [0.4, 0.5) is 0 Å². The van der Waals surface area contributed by atoms with Crippen molar-refractivity contribution in [3.8, 4) is 0 Å². The van der Waals surface area contributed by atoms with Crippen molar-refractivity contribution < 1.29 is 9.53 Å². The zero-order chi connectivity index (χ0) is 12.7. The fraction of sp³-hybridized carbons (Fsp3) is 0.533. The molecule has 1 rings (SSSR count). The van der Waals surface area contributed by atoms with Gasteiger partial charge in [-0.2, -0.15) is 0 Å². The van der Waals surface area contributed by atoms with Crippen LogP contribution in [0.3, 0.4) is 0 Å². The number of ether oxygens (including phenoxy) is 1. The maximum atomic E-state index is 11.3. The number of hydrogen-bond acceptors (Lipinski definition) is 2. The smallest absolute Gasteiger partial charge is 0.309 e. The lowest BCUT2D eigenvalue weighted by molar-refractivity contribution is -0.139. The first kappa shape index (κ1) is 13.8. The molecular weight excluding hydrogens is 212 g/mol. The Labute approximate surface area is 104 Å². The zero-order valence-corrected chi connectivity index (χ0v) is 11.1. The van der Waals surface area contributed by atoms with Gasteiger partial charge in [-0.1, -0.05) is 38.0 Å². The summed E-state index contributed by atoms with van der Waals surface area (Å²) in [5.41, 5.74) is 3.57. The normalized spacial score (nSPS) is 10.3. The Morgan fingerprint density at radius 2 is 2.06 bits per heavy atom. The van der Waals surface area contributed by atoms with Gasteiger partial charge in [-0.3, -0.25) is 4.79 Å². The summed E-state index contributed by atoms with van der Waals surface area (Å²) in [7, 11) is 1.43. The molecule has 94 valence electrons. The lowest BCUT2D eigenvalue weighted by atomic mass is 9.99. The molecule has 0 spiro atoms. The van der Waals surface area contributed by atoms with E-state index in [0.29, 0.717) is 6.42 Å². The summed E-state index contributed by atoms with van der Waals surface area (Å²) < 4.78 is 4.71. The van der Waals surface area contributed by atoms with Gasteiger partial charge in [0, 0.05) is 0 Å². The largest absolute Gasteiger partial charge is 0.469 e.